The van der Waals surface area contributed by atoms with E-state index < -0.39 is 16.0 Å². The maximum atomic E-state index is 12.6. The molecule has 0 radical (unpaired) electrons. The van der Waals surface area contributed by atoms with Gasteiger partial charge in [0.05, 0.1) is 15.6 Å². The Bertz CT molecular complexity index is 779. The molecule has 1 N–H and O–H groups in total. The molecule has 1 aromatic heterocycles. The number of sulfonamides is 1. The van der Waals surface area contributed by atoms with Gasteiger partial charge in [0.15, 0.2) is 0 Å². The Morgan fingerprint density at radius 1 is 1.33 bits per heavy atom. The summed E-state index contributed by atoms with van der Waals surface area (Å²) in [7, 11) is -2.53. The minimum Gasteiger partial charge on any atom is -0.478 e. The van der Waals surface area contributed by atoms with Crippen LogP contribution in [0.4, 0.5) is 5.69 Å². The molecule has 0 amide bonds. The molecule has 0 aliphatic heterocycles. The third-order valence-electron chi connectivity index (χ3n) is 2.92. The Kier molecular flexibility index (Phi) is 4.27. The first-order valence-corrected chi connectivity index (χ1v) is 8.46. The highest BCUT2D eigenvalue weighted by Crippen LogP contribution is 2.34. The number of carbonyl (C=O) groups is 1. The molecule has 112 valence electrons. The molecule has 8 heteroatoms. The number of halogens is 1. The third-order valence-corrected chi connectivity index (χ3v) is 6.70. The second kappa shape index (κ2) is 5.67. The molecule has 0 unspecified atom stereocenters. The molecule has 1 heterocycles. The smallest absolute Gasteiger partial charge is 0.337 e. The van der Waals surface area contributed by atoms with Crippen LogP contribution >= 0.6 is 22.9 Å². The SMILES string of the molecule is Cc1cc(S(=O)(=O)N(C)c2ccccc2C(=O)O)sc1Cl. The van der Waals surface area contributed by atoms with Crippen LogP contribution in [0.15, 0.2) is 34.5 Å². The summed E-state index contributed by atoms with van der Waals surface area (Å²) >= 11 is 6.86. The number of rotatable bonds is 4. The lowest BCUT2D eigenvalue weighted by Gasteiger charge is -2.20. The maximum Gasteiger partial charge on any atom is 0.337 e. The highest BCUT2D eigenvalue weighted by Gasteiger charge is 2.27. The van der Waals surface area contributed by atoms with Crippen molar-refractivity contribution in [2.24, 2.45) is 0 Å². The quantitative estimate of drug-likeness (QED) is 0.923. The van der Waals surface area contributed by atoms with Gasteiger partial charge >= 0.3 is 5.97 Å². The molecular formula is C13H12ClNO4S2. The zero-order valence-electron chi connectivity index (χ0n) is 11.2. The fourth-order valence-electron chi connectivity index (χ4n) is 1.75. The molecule has 0 saturated carbocycles. The van der Waals surface area contributed by atoms with E-state index in [1.54, 1.807) is 19.1 Å². The van der Waals surface area contributed by atoms with Gasteiger partial charge in [-0.05, 0) is 30.7 Å². The second-order valence-corrected chi connectivity index (χ2v) is 8.17. The average Bonchev–Trinajstić information content (AvgIpc) is 2.78. The number of anilines is 1. The van der Waals surface area contributed by atoms with Gasteiger partial charge in [-0.1, -0.05) is 23.7 Å². The predicted octanol–water partition coefficient (Wildman–Crippen LogP) is 3.23. The number of benzene rings is 1. The Hall–Kier alpha value is -1.57. The van der Waals surface area contributed by atoms with E-state index in [0.29, 0.717) is 9.90 Å². The van der Waals surface area contributed by atoms with E-state index in [0.717, 1.165) is 15.6 Å². The van der Waals surface area contributed by atoms with Crippen molar-refractivity contribution in [1.29, 1.82) is 0 Å². The lowest BCUT2D eigenvalue weighted by atomic mass is 10.2. The molecule has 0 fully saturated rings. The number of hydrogen-bond acceptors (Lipinski definition) is 4. The topological polar surface area (TPSA) is 74.7 Å². The minimum atomic E-state index is -3.85. The Morgan fingerprint density at radius 2 is 1.95 bits per heavy atom. The summed E-state index contributed by atoms with van der Waals surface area (Å²) in [6.07, 6.45) is 0. The number of thiophene rings is 1. The molecular weight excluding hydrogens is 334 g/mol. The van der Waals surface area contributed by atoms with Crippen LogP contribution in [0.1, 0.15) is 15.9 Å². The van der Waals surface area contributed by atoms with Crippen LogP contribution in [0.5, 0.6) is 0 Å². The van der Waals surface area contributed by atoms with Crippen LogP contribution < -0.4 is 4.31 Å². The van der Waals surface area contributed by atoms with Gasteiger partial charge in [-0.2, -0.15) is 0 Å². The van der Waals surface area contributed by atoms with Crippen LogP contribution in [0.25, 0.3) is 0 Å². The highest BCUT2D eigenvalue weighted by atomic mass is 35.5. The van der Waals surface area contributed by atoms with E-state index >= 15 is 0 Å². The monoisotopic (exact) mass is 345 g/mol. The van der Waals surface area contributed by atoms with E-state index in [9.17, 15) is 13.2 Å². The average molecular weight is 346 g/mol. The lowest BCUT2D eigenvalue weighted by molar-refractivity contribution is 0.0698. The highest BCUT2D eigenvalue weighted by molar-refractivity contribution is 7.94. The van der Waals surface area contributed by atoms with Crippen LogP contribution in [0.3, 0.4) is 0 Å². The Labute approximate surface area is 131 Å². The standard InChI is InChI=1S/C13H12ClNO4S2/c1-8-7-11(20-12(8)14)21(18,19)15(2)10-6-4-3-5-9(10)13(16)17/h3-7H,1-2H3,(H,16,17). The second-order valence-electron chi connectivity index (χ2n) is 4.32. The molecule has 1 aromatic carbocycles. The van der Waals surface area contributed by atoms with Crippen molar-refractivity contribution in [3.63, 3.8) is 0 Å². The number of nitrogens with zero attached hydrogens (tertiary/aromatic N) is 1. The molecule has 0 spiro atoms. The number of hydrogen-bond donors (Lipinski definition) is 1. The van der Waals surface area contributed by atoms with Gasteiger partial charge in [-0.25, -0.2) is 13.2 Å². The summed E-state index contributed by atoms with van der Waals surface area (Å²) in [5, 5.41) is 9.16. The molecule has 0 aliphatic rings. The Balaban J connectivity index is 2.53. The maximum absolute atomic E-state index is 12.6. The van der Waals surface area contributed by atoms with Gasteiger partial charge in [0.25, 0.3) is 10.0 Å². The van der Waals surface area contributed by atoms with Gasteiger partial charge in [-0.3, -0.25) is 4.31 Å². The van der Waals surface area contributed by atoms with Crippen molar-refractivity contribution in [3.05, 3.63) is 45.8 Å². The summed E-state index contributed by atoms with van der Waals surface area (Å²) < 4.78 is 26.5. The molecule has 5 nitrogen and oxygen atoms in total. The number of aromatic carboxylic acids is 1. The van der Waals surface area contributed by atoms with E-state index in [1.807, 2.05) is 0 Å². The molecule has 2 aromatic rings. The van der Waals surface area contributed by atoms with Crippen LogP contribution in [-0.4, -0.2) is 26.5 Å². The minimum absolute atomic E-state index is 0.0766. The van der Waals surface area contributed by atoms with E-state index in [4.69, 9.17) is 16.7 Å². The van der Waals surface area contributed by atoms with Crippen LogP contribution in [0, 0.1) is 6.92 Å². The normalized spacial score (nSPS) is 11.4. The fourth-order valence-corrected chi connectivity index (χ4v) is 4.85. The zero-order chi connectivity index (χ0) is 15.8. The van der Waals surface area contributed by atoms with E-state index in [1.165, 1.54) is 25.2 Å². The van der Waals surface area contributed by atoms with E-state index in [-0.39, 0.29) is 15.5 Å². The summed E-state index contributed by atoms with van der Waals surface area (Å²) in [4.78, 5) is 11.2. The Morgan fingerprint density at radius 3 is 2.48 bits per heavy atom. The molecule has 0 saturated heterocycles. The molecule has 2 rings (SSSR count). The first-order chi connectivity index (χ1) is 9.75. The van der Waals surface area contributed by atoms with Crippen molar-refractivity contribution >= 4 is 44.6 Å². The first-order valence-electron chi connectivity index (χ1n) is 5.82. The fraction of sp³-hybridized carbons (Fsp3) is 0.154. The van der Waals surface area contributed by atoms with Crippen LogP contribution in [0.2, 0.25) is 4.34 Å². The van der Waals surface area contributed by atoms with Gasteiger partial charge in [0.1, 0.15) is 4.21 Å². The van der Waals surface area contributed by atoms with Crippen molar-refractivity contribution in [2.75, 3.05) is 11.4 Å². The molecule has 21 heavy (non-hydrogen) atoms. The van der Waals surface area contributed by atoms with Crippen molar-refractivity contribution < 1.29 is 18.3 Å². The van der Waals surface area contributed by atoms with Crippen molar-refractivity contribution in [3.8, 4) is 0 Å². The summed E-state index contributed by atoms with van der Waals surface area (Å²) in [5.74, 6) is -1.19. The number of carboxylic acids is 1. The van der Waals surface area contributed by atoms with Gasteiger partial charge in [-0.15, -0.1) is 11.3 Å². The molecule has 0 bridgehead atoms. The van der Waals surface area contributed by atoms with Gasteiger partial charge < -0.3 is 5.11 Å². The summed E-state index contributed by atoms with van der Waals surface area (Å²) in [5.41, 5.74) is 0.690. The number of carboxylic acid groups (broad SMARTS) is 1. The predicted molar refractivity (Wildman–Crippen MR) is 83.1 cm³/mol. The summed E-state index contributed by atoms with van der Waals surface area (Å²) in [6.45, 7) is 1.71. The lowest BCUT2D eigenvalue weighted by Crippen LogP contribution is -2.27. The van der Waals surface area contributed by atoms with Crippen LogP contribution in [-0.2, 0) is 10.0 Å². The van der Waals surface area contributed by atoms with Crippen molar-refractivity contribution in [1.82, 2.24) is 0 Å². The van der Waals surface area contributed by atoms with Crippen molar-refractivity contribution in [2.45, 2.75) is 11.1 Å². The first kappa shape index (κ1) is 15.8. The molecule has 0 aliphatic carbocycles. The van der Waals surface area contributed by atoms with Gasteiger partial charge in [0.2, 0.25) is 0 Å². The summed E-state index contributed by atoms with van der Waals surface area (Å²) in [6, 6.07) is 7.40. The zero-order valence-corrected chi connectivity index (χ0v) is 13.6. The molecule has 0 atom stereocenters. The third kappa shape index (κ3) is 2.90. The van der Waals surface area contributed by atoms with E-state index in [2.05, 4.69) is 0 Å². The number of para-hydroxylation sites is 1. The largest absolute Gasteiger partial charge is 0.478 e. The van der Waals surface area contributed by atoms with Gasteiger partial charge in [0, 0.05) is 7.05 Å². The number of aryl methyl sites for hydroxylation is 1.